The maximum Gasteiger partial charge on any atom is 0.573 e. The van der Waals surface area contributed by atoms with Crippen LogP contribution in [0.25, 0.3) is 0 Å². The first-order chi connectivity index (χ1) is 18.3. The number of rotatable bonds is 8. The predicted molar refractivity (Wildman–Crippen MR) is 121 cm³/mol. The van der Waals surface area contributed by atoms with Crippen molar-refractivity contribution in [1.82, 2.24) is 15.3 Å². The van der Waals surface area contributed by atoms with E-state index in [0.29, 0.717) is 6.20 Å². The van der Waals surface area contributed by atoms with Gasteiger partial charge < -0.3 is 29.6 Å². The monoisotopic (exact) mass is 560 g/mol. The highest BCUT2D eigenvalue weighted by atomic mass is 19.4. The van der Waals surface area contributed by atoms with Gasteiger partial charge in [-0.1, -0.05) is 0 Å². The molecular formula is C23H18F6N4O6. The summed E-state index contributed by atoms with van der Waals surface area (Å²) in [5.74, 6) is -4.62. The molecule has 0 fully saturated rings. The first-order valence-electron chi connectivity index (χ1n) is 10.5. The fraction of sp³-hybridized carbons (Fsp3) is 0.217. The van der Waals surface area contributed by atoms with Crippen LogP contribution in [0, 0.1) is 0 Å². The first kappa shape index (κ1) is 28.8. The van der Waals surface area contributed by atoms with Crippen LogP contribution in [0.2, 0.25) is 0 Å². The second-order valence-electron chi connectivity index (χ2n) is 7.30. The van der Waals surface area contributed by atoms with Gasteiger partial charge in [-0.15, -0.1) is 13.2 Å². The molecule has 2 aromatic heterocycles. The van der Waals surface area contributed by atoms with Crippen LogP contribution in [0.4, 0.5) is 32.0 Å². The number of amides is 2. The van der Waals surface area contributed by atoms with Gasteiger partial charge in [0.2, 0.25) is 0 Å². The van der Waals surface area contributed by atoms with E-state index in [9.17, 15) is 35.9 Å². The van der Waals surface area contributed by atoms with Crippen LogP contribution < -0.4 is 29.6 Å². The molecule has 0 atom stereocenters. The molecule has 0 bridgehead atoms. The van der Waals surface area contributed by atoms with Gasteiger partial charge in [-0.3, -0.25) is 14.6 Å². The Labute approximate surface area is 215 Å². The Morgan fingerprint density at radius 1 is 0.872 bits per heavy atom. The van der Waals surface area contributed by atoms with Gasteiger partial charge in [-0.2, -0.15) is 13.2 Å². The summed E-state index contributed by atoms with van der Waals surface area (Å²) >= 11 is 0. The Morgan fingerprint density at radius 2 is 1.59 bits per heavy atom. The summed E-state index contributed by atoms with van der Waals surface area (Å²) in [5.41, 5.74) is -2.44. The van der Waals surface area contributed by atoms with E-state index in [1.165, 1.54) is 19.3 Å². The number of aromatic nitrogens is 2. The minimum absolute atomic E-state index is 0.0155. The largest absolute Gasteiger partial charge is 0.573 e. The molecule has 1 aromatic carbocycles. The number of alkyl halides is 6. The van der Waals surface area contributed by atoms with Crippen molar-refractivity contribution in [3.05, 3.63) is 59.7 Å². The molecule has 0 spiro atoms. The lowest BCUT2D eigenvalue weighted by Gasteiger charge is -2.19. The van der Waals surface area contributed by atoms with Gasteiger partial charge in [0.15, 0.2) is 28.7 Å². The van der Waals surface area contributed by atoms with Gasteiger partial charge in [-0.25, -0.2) is 4.98 Å². The lowest BCUT2D eigenvalue weighted by molar-refractivity contribution is -0.274. The molecule has 0 aliphatic rings. The van der Waals surface area contributed by atoms with Crippen molar-refractivity contribution in [2.24, 2.45) is 0 Å². The van der Waals surface area contributed by atoms with Crippen molar-refractivity contribution in [1.29, 1.82) is 0 Å². The maximum absolute atomic E-state index is 13.6. The SMILES string of the molecule is CNC(=O)c1cc(NC(=O)c2c(Oc3ccc(OC(F)(F)F)cc3OC)cnc(C(F)(F)F)c2OC)ccn1. The number of hydrogen-bond donors (Lipinski definition) is 2. The second kappa shape index (κ2) is 11.3. The molecule has 2 N–H and O–H groups in total. The zero-order valence-electron chi connectivity index (χ0n) is 20.2. The molecule has 16 heteroatoms. The average Bonchev–Trinajstić information content (AvgIpc) is 2.87. The van der Waals surface area contributed by atoms with Gasteiger partial charge in [0.25, 0.3) is 11.8 Å². The lowest BCUT2D eigenvalue weighted by atomic mass is 10.1. The number of nitrogens with one attached hydrogen (secondary N) is 2. The molecule has 0 saturated heterocycles. The van der Waals surface area contributed by atoms with E-state index >= 15 is 0 Å². The Morgan fingerprint density at radius 3 is 2.18 bits per heavy atom. The Hall–Kier alpha value is -4.76. The van der Waals surface area contributed by atoms with E-state index < -0.39 is 52.9 Å². The Bertz CT molecular complexity index is 1380. The lowest BCUT2D eigenvalue weighted by Crippen LogP contribution is -2.21. The molecule has 208 valence electrons. The smallest absolute Gasteiger partial charge is 0.493 e. The number of hydrogen-bond acceptors (Lipinski definition) is 8. The third kappa shape index (κ3) is 6.97. The number of carbonyl (C=O) groups is 2. The van der Waals surface area contributed by atoms with Gasteiger partial charge in [0, 0.05) is 25.0 Å². The van der Waals surface area contributed by atoms with Gasteiger partial charge in [0.1, 0.15) is 17.0 Å². The summed E-state index contributed by atoms with van der Waals surface area (Å²) < 4.78 is 97.9. The molecule has 39 heavy (non-hydrogen) atoms. The van der Waals surface area contributed by atoms with Crippen LogP contribution >= 0.6 is 0 Å². The number of halogens is 6. The average molecular weight is 560 g/mol. The minimum Gasteiger partial charge on any atom is -0.493 e. The zero-order chi connectivity index (χ0) is 29.0. The molecule has 0 aliphatic heterocycles. The highest BCUT2D eigenvalue weighted by Gasteiger charge is 2.40. The number of ether oxygens (including phenoxy) is 4. The number of methoxy groups -OCH3 is 2. The van der Waals surface area contributed by atoms with E-state index in [-0.39, 0.29) is 22.9 Å². The van der Waals surface area contributed by atoms with Crippen LogP contribution in [-0.4, -0.2) is 49.4 Å². The third-order valence-corrected chi connectivity index (χ3v) is 4.77. The van der Waals surface area contributed by atoms with E-state index in [4.69, 9.17) is 14.2 Å². The Kier molecular flexibility index (Phi) is 8.36. The first-order valence-corrected chi connectivity index (χ1v) is 10.5. The van der Waals surface area contributed by atoms with Crippen molar-refractivity contribution >= 4 is 17.5 Å². The highest BCUT2D eigenvalue weighted by Crippen LogP contribution is 2.43. The van der Waals surface area contributed by atoms with Crippen molar-refractivity contribution in [2.45, 2.75) is 12.5 Å². The summed E-state index contributed by atoms with van der Waals surface area (Å²) in [4.78, 5) is 32.2. The fourth-order valence-electron chi connectivity index (χ4n) is 3.17. The van der Waals surface area contributed by atoms with E-state index in [1.807, 2.05) is 0 Å². The van der Waals surface area contributed by atoms with Gasteiger partial charge >= 0.3 is 12.5 Å². The molecule has 3 rings (SSSR count). The molecule has 0 saturated carbocycles. The molecule has 0 radical (unpaired) electrons. The van der Waals surface area contributed by atoms with E-state index in [0.717, 1.165) is 38.5 Å². The van der Waals surface area contributed by atoms with Crippen LogP contribution in [0.1, 0.15) is 26.5 Å². The maximum atomic E-state index is 13.6. The van der Waals surface area contributed by atoms with Crippen LogP contribution in [-0.2, 0) is 6.18 Å². The van der Waals surface area contributed by atoms with E-state index in [1.54, 1.807) is 0 Å². The number of pyridine rings is 2. The van der Waals surface area contributed by atoms with Crippen LogP contribution in [0.15, 0.2) is 42.7 Å². The summed E-state index contributed by atoms with van der Waals surface area (Å²) in [6.07, 6.45) is -8.29. The molecule has 3 aromatic rings. The summed E-state index contributed by atoms with van der Waals surface area (Å²) in [7, 11) is 3.30. The molecular weight excluding hydrogens is 542 g/mol. The fourth-order valence-corrected chi connectivity index (χ4v) is 3.17. The quantitative estimate of drug-likeness (QED) is 0.377. The molecule has 10 nitrogen and oxygen atoms in total. The topological polar surface area (TPSA) is 121 Å². The van der Waals surface area contributed by atoms with Crippen molar-refractivity contribution in [3.8, 4) is 28.7 Å². The molecule has 2 heterocycles. The normalized spacial score (nSPS) is 11.4. The number of benzene rings is 1. The van der Waals surface area contributed by atoms with Crippen molar-refractivity contribution in [3.63, 3.8) is 0 Å². The van der Waals surface area contributed by atoms with Crippen LogP contribution in [0.3, 0.4) is 0 Å². The van der Waals surface area contributed by atoms with Crippen molar-refractivity contribution in [2.75, 3.05) is 26.6 Å². The highest BCUT2D eigenvalue weighted by molar-refractivity contribution is 6.08. The standard InChI is InChI=1S/C23H18F6N4O6/c1-30-20(34)13-8-11(6-7-31-13)33-21(35)17-16(10-32-19(18(17)37-3)22(24,25)26)38-14-5-4-12(9-15(14)36-2)39-23(27,28)29/h4-10H,1-3H3,(H,30,34)(H,31,33,35). The van der Waals surface area contributed by atoms with E-state index in [2.05, 4.69) is 25.3 Å². The molecule has 2 amide bonds. The predicted octanol–water partition coefficient (Wildman–Crippen LogP) is 4.82. The molecule has 0 aliphatic carbocycles. The minimum atomic E-state index is -5.05. The molecule has 0 unspecified atom stereocenters. The van der Waals surface area contributed by atoms with Crippen molar-refractivity contribution < 1.29 is 54.9 Å². The number of nitrogens with zero attached hydrogens (tertiary/aromatic N) is 2. The summed E-state index contributed by atoms with van der Waals surface area (Å²) in [5, 5.41) is 4.66. The second-order valence-corrected chi connectivity index (χ2v) is 7.30. The summed E-state index contributed by atoms with van der Waals surface area (Å²) in [6, 6.07) is 5.08. The Balaban J connectivity index is 2.09. The van der Waals surface area contributed by atoms with Gasteiger partial charge in [0.05, 0.1) is 20.4 Å². The number of anilines is 1. The third-order valence-electron chi connectivity index (χ3n) is 4.77. The summed E-state index contributed by atoms with van der Waals surface area (Å²) in [6.45, 7) is 0. The van der Waals surface area contributed by atoms with Gasteiger partial charge in [-0.05, 0) is 24.3 Å². The number of carbonyl (C=O) groups excluding carboxylic acids is 2. The zero-order valence-corrected chi connectivity index (χ0v) is 20.2. The van der Waals surface area contributed by atoms with Crippen LogP contribution in [0.5, 0.6) is 28.7 Å².